The molecule has 1 amide bonds. The minimum absolute atomic E-state index is 0.0327. The highest BCUT2D eigenvalue weighted by Gasteiger charge is 2.14. The van der Waals surface area contributed by atoms with Crippen molar-refractivity contribution < 1.29 is 21.6 Å². The van der Waals surface area contributed by atoms with Crippen LogP contribution in [0, 0.1) is 0 Å². The first-order chi connectivity index (χ1) is 13.2. The van der Waals surface area contributed by atoms with E-state index in [4.69, 9.17) is 0 Å². The van der Waals surface area contributed by atoms with E-state index in [-0.39, 0.29) is 17.2 Å². The van der Waals surface area contributed by atoms with Crippen LogP contribution < -0.4 is 14.8 Å². The lowest BCUT2D eigenvalue weighted by Gasteiger charge is -2.09. The van der Waals surface area contributed by atoms with Crippen molar-refractivity contribution in [1.82, 2.24) is 4.72 Å². The molecule has 0 spiro atoms. The van der Waals surface area contributed by atoms with Crippen LogP contribution in [0.1, 0.15) is 30.6 Å². The molecule has 0 heterocycles. The van der Waals surface area contributed by atoms with Gasteiger partial charge in [0.2, 0.25) is 20.0 Å². The molecule has 0 bridgehead atoms. The minimum Gasteiger partial charge on any atom is -0.322 e. The molecule has 152 valence electrons. The van der Waals surface area contributed by atoms with Crippen molar-refractivity contribution in [3.05, 3.63) is 54.1 Å². The molecular weight excluding hydrogens is 402 g/mol. The molecular formula is C18H23N3O5S2. The summed E-state index contributed by atoms with van der Waals surface area (Å²) < 4.78 is 52.2. The van der Waals surface area contributed by atoms with Crippen LogP contribution >= 0.6 is 0 Å². The monoisotopic (exact) mass is 425 g/mol. The fourth-order valence-electron chi connectivity index (χ4n) is 2.38. The fourth-order valence-corrected chi connectivity index (χ4v) is 4.56. The molecule has 8 nitrogen and oxygen atoms in total. The molecule has 0 aliphatic heterocycles. The number of anilines is 2. The van der Waals surface area contributed by atoms with E-state index in [1.54, 1.807) is 38.1 Å². The highest BCUT2D eigenvalue weighted by Crippen LogP contribution is 2.17. The third kappa shape index (κ3) is 6.04. The lowest BCUT2D eigenvalue weighted by molar-refractivity contribution is 0.102. The van der Waals surface area contributed by atoms with Crippen molar-refractivity contribution in [2.24, 2.45) is 0 Å². The number of nitrogens with one attached hydrogen (secondary N) is 3. The van der Waals surface area contributed by atoms with Gasteiger partial charge >= 0.3 is 0 Å². The van der Waals surface area contributed by atoms with Crippen LogP contribution in [-0.2, 0) is 20.0 Å². The second-order valence-corrected chi connectivity index (χ2v) is 9.59. The first-order valence-corrected chi connectivity index (χ1v) is 11.8. The van der Waals surface area contributed by atoms with E-state index < -0.39 is 26.0 Å². The summed E-state index contributed by atoms with van der Waals surface area (Å²) in [5.41, 5.74) is 1.18. The Kier molecular flexibility index (Phi) is 7.17. The largest absolute Gasteiger partial charge is 0.322 e. The molecule has 0 saturated heterocycles. The van der Waals surface area contributed by atoms with Crippen LogP contribution in [-0.4, -0.2) is 35.0 Å². The summed E-state index contributed by atoms with van der Waals surface area (Å²) in [5.74, 6) is -0.378. The number of carbonyl (C=O) groups is 1. The van der Waals surface area contributed by atoms with Crippen LogP contribution in [0.5, 0.6) is 0 Å². The van der Waals surface area contributed by atoms with Gasteiger partial charge in [-0.1, -0.05) is 13.8 Å². The Bertz CT molecular complexity index is 1020. The quantitative estimate of drug-likeness (QED) is 0.569. The van der Waals surface area contributed by atoms with Gasteiger partial charge in [0.15, 0.2) is 0 Å². The molecule has 28 heavy (non-hydrogen) atoms. The Hall–Kier alpha value is -2.43. The smallest absolute Gasteiger partial charge is 0.255 e. The Labute approximate surface area is 165 Å². The van der Waals surface area contributed by atoms with E-state index >= 15 is 0 Å². The predicted octanol–water partition coefficient (Wildman–Crippen LogP) is 2.39. The van der Waals surface area contributed by atoms with Crippen molar-refractivity contribution in [3.63, 3.8) is 0 Å². The molecule has 2 aromatic rings. The summed E-state index contributed by atoms with van der Waals surface area (Å²) in [6, 6.07) is 11.8. The van der Waals surface area contributed by atoms with Gasteiger partial charge in [-0.2, -0.15) is 0 Å². The number of amides is 1. The zero-order chi connectivity index (χ0) is 20.8. The Morgan fingerprint density at radius 3 is 1.96 bits per heavy atom. The summed E-state index contributed by atoms with van der Waals surface area (Å²) in [6.45, 7) is 3.73. The van der Waals surface area contributed by atoms with Crippen molar-refractivity contribution >= 4 is 37.3 Å². The Balaban J connectivity index is 2.05. The summed E-state index contributed by atoms with van der Waals surface area (Å²) in [4.78, 5) is 12.4. The summed E-state index contributed by atoms with van der Waals surface area (Å²) >= 11 is 0. The second kappa shape index (κ2) is 9.18. The first kappa shape index (κ1) is 21.9. The topological polar surface area (TPSA) is 121 Å². The minimum atomic E-state index is -3.57. The van der Waals surface area contributed by atoms with Gasteiger partial charge in [0, 0.05) is 23.5 Å². The number of sulfonamides is 2. The molecule has 0 aliphatic rings. The molecule has 10 heteroatoms. The van der Waals surface area contributed by atoms with Crippen LogP contribution in [0.4, 0.5) is 11.4 Å². The van der Waals surface area contributed by atoms with Gasteiger partial charge in [-0.05, 0) is 55.0 Å². The van der Waals surface area contributed by atoms with Crippen molar-refractivity contribution in [3.8, 4) is 0 Å². The van der Waals surface area contributed by atoms with Crippen LogP contribution in [0.25, 0.3) is 0 Å². The zero-order valence-electron chi connectivity index (χ0n) is 15.6. The molecule has 0 radical (unpaired) electrons. The van der Waals surface area contributed by atoms with E-state index in [1.807, 2.05) is 0 Å². The van der Waals surface area contributed by atoms with Gasteiger partial charge in [-0.3, -0.25) is 9.52 Å². The highest BCUT2D eigenvalue weighted by molar-refractivity contribution is 7.92. The average molecular weight is 426 g/mol. The number of hydrogen-bond donors (Lipinski definition) is 3. The van der Waals surface area contributed by atoms with Crippen molar-refractivity contribution in [1.29, 1.82) is 0 Å². The van der Waals surface area contributed by atoms with Gasteiger partial charge in [0.1, 0.15) is 0 Å². The number of benzene rings is 2. The Morgan fingerprint density at radius 1 is 0.857 bits per heavy atom. The molecule has 0 atom stereocenters. The predicted molar refractivity (Wildman–Crippen MR) is 109 cm³/mol. The first-order valence-electron chi connectivity index (χ1n) is 8.68. The van der Waals surface area contributed by atoms with Crippen molar-refractivity contribution in [2.75, 3.05) is 22.3 Å². The van der Waals surface area contributed by atoms with Crippen LogP contribution in [0.3, 0.4) is 0 Å². The fraction of sp³-hybridized carbons (Fsp3) is 0.278. The molecule has 0 fully saturated rings. The number of rotatable bonds is 9. The number of hydrogen-bond acceptors (Lipinski definition) is 5. The van der Waals surface area contributed by atoms with Crippen molar-refractivity contribution in [2.45, 2.75) is 25.2 Å². The highest BCUT2D eigenvalue weighted by atomic mass is 32.2. The Morgan fingerprint density at radius 2 is 1.43 bits per heavy atom. The lowest BCUT2D eigenvalue weighted by atomic mass is 10.2. The maximum Gasteiger partial charge on any atom is 0.255 e. The van der Waals surface area contributed by atoms with Gasteiger partial charge in [0.25, 0.3) is 5.91 Å². The normalized spacial score (nSPS) is 11.8. The molecule has 2 aromatic carbocycles. The third-order valence-electron chi connectivity index (χ3n) is 3.65. The molecule has 0 aliphatic carbocycles. The summed E-state index contributed by atoms with van der Waals surface area (Å²) in [6.07, 6.45) is 0.512. The van der Waals surface area contributed by atoms with Gasteiger partial charge in [-0.25, -0.2) is 21.6 Å². The molecule has 0 unspecified atom stereocenters. The van der Waals surface area contributed by atoms with E-state index in [0.29, 0.717) is 23.4 Å². The second-order valence-electron chi connectivity index (χ2n) is 5.98. The average Bonchev–Trinajstić information content (AvgIpc) is 2.63. The standard InChI is InChI=1S/C18H23N3O5S2/c1-3-13-27(23,24)21-16-9-7-15(8-10-16)20-18(22)14-5-11-17(12-6-14)28(25,26)19-4-2/h5-12,19,21H,3-4,13H2,1-2H3,(H,20,22). The van der Waals surface area contributed by atoms with Gasteiger partial charge in [0.05, 0.1) is 10.6 Å². The molecule has 3 N–H and O–H groups in total. The van der Waals surface area contributed by atoms with E-state index in [9.17, 15) is 21.6 Å². The maximum atomic E-state index is 12.3. The zero-order valence-corrected chi connectivity index (χ0v) is 17.2. The molecule has 0 aromatic heterocycles. The van der Waals surface area contributed by atoms with E-state index in [1.165, 1.54) is 24.3 Å². The van der Waals surface area contributed by atoms with E-state index in [0.717, 1.165) is 0 Å². The lowest BCUT2D eigenvalue weighted by Crippen LogP contribution is -2.23. The molecule has 0 saturated carbocycles. The SMILES string of the molecule is CCCS(=O)(=O)Nc1ccc(NC(=O)c2ccc(S(=O)(=O)NCC)cc2)cc1. The van der Waals surface area contributed by atoms with Crippen LogP contribution in [0.15, 0.2) is 53.4 Å². The maximum absolute atomic E-state index is 12.3. The summed E-state index contributed by atoms with van der Waals surface area (Å²) in [7, 11) is -6.95. The van der Waals surface area contributed by atoms with Gasteiger partial charge < -0.3 is 5.32 Å². The molecule has 2 rings (SSSR count). The van der Waals surface area contributed by atoms with E-state index in [2.05, 4.69) is 14.8 Å². The third-order valence-corrected chi connectivity index (χ3v) is 6.70. The number of carbonyl (C=O) groups excluding carboxylic acids is 1. The van der Waals surface area contributed by atoms with Crippen LogP contribution in [0.2, 0.25) is 0 Å². The summed E-state index contributed by atoms with van der Waals surface area (Å²) in [5, 5.41) is 2.68. The van der Waals surface area contributed by atoms with Gasteiger partial charge in [-0.15, -0.1) is 0 Å².